The van der Waals surface area contributed by atoms with Crippen molar-refractivity contribution < 1.29 is 14.7 Å². The Labute approximate surface area is 106 Å². The first-order valence-corrected chi connectivity index (χ1v) is 5.71. The number of aliphatic hydroxyl groups is 1. The number of nitrogens with one attached hydrogen (secondary N) is 1. The molecule has 1 radical (unpaired) electrons. The molecule has 97 valence electrons. The van der Waals surface area contributed by atoms with E-state index in [2.05, 4.69) is 5.32 Å². The first-order chi connectivity index (χ1) is 8.59. The number of carbonyl (C=O) groups is 2. The van der Waals surface area contributed by atoms with E-state index < -0.39 is 17.9 Å². The number of rotatable bonds is 7. The highest BCUT2D eigenvalue weighted by molar-refractivity contribution is 5.82. The van der Waals surface area contributed by atoms with Crippen LogP contribution in [0.1, 0.15) is 12.0 Å². The van der Waals surface area contributed by atoms with Crippen molar-refractivity contribution in [1.82, 2.24) is 5.32 Å². The molecule has 0 aliphatic heterocycles. The molecule has 0 heterocycles. The number of primary amides is 1. The molecule has 0 aromatic heterocycles. The van der Waals surface area contributed by atoms with Crippen molar-refractivity contribution in [3.05, 3.63) is 42.3 Å². The van der Waals surface area contributed by atoms with E-state index in [9.17, 15) is 14.7 Å². The number of nitrogens with two attached hydrogens (primary N) is 1. The predicted molar refractivity (Wildman–Crippen MR) is 67.3 cm³/mol. The van der Waals surface area contributed by atoms with Crippen molar-refractivity contribution in [3.8, 4) is 0 Å². The summed E-state index contributed by atoms with van der Waals surface area (Å²) in [6, 6.07) is 9.50. The molecule has 18 heavy (non-hydrogen) atoms. The van der Waals surface area contributed by atoms with Crippen LogP contribution in [0.2, 0.25) is 0 Å². The SMILES string of the molecule is NC(=O)CCNC(=O)[C@H](O)[CH]Cc1ccccc1. The van der Waals surface area contributed by atoms with E-state index >= 15 is 0 Å². The van der Waals surface area contributed by atoms with Crippen LogP contribution in [0.3, 0.4) is 0 Å². The fourth-order valence-electron chi connectivity index (χ4n) is 1.38. The zero-order valence-corrected chi connectivity index (χ0v) is 10.0. The molecule has 0 saturated carbocycles. The first-order valence-electron chi connectivity index (χ1n) is 5.71. The van der Waals surface area contributed by atoms with Crippen molar-refractivity contribution in [1.29, 1.82) is 0 Å². The third-order valence-electron chi connectivity index (χ3n) is 2.36. The molecule has 2 amide bonds. The van der Waals surface area contributed by atoms with E-state index in [4.69, 9.17) is 5.73 Å². The molecular formula is C13H17N2O3. The average Bonchev–Trinajstić information content (AvgIpc) is 2.36. The van der Waals surface area contributed by atoms with Crippen molar-refractivity contribution in [3.63, 3.8) is 0 Å². The van der Waals surface area contributed by atoms with Gasteiger partial charge in [0.25, 0.3) is 0 Å². The number of amides is 2. The Kier molecular flexibility index (Phi) is 5.87. The lowest BCUT2D eigenvalue weighted by molar-refractivity contribution is -0.127. The summed E-state index contributed by atoms with van der Waals surface area (Å²) in [6.07, 6.45) is 0.898. The summed E-state index contributed by atoms with van der Waals surface area (Å²) in [5.41, 5.74) is 5.94. The van der Waals surface area contributed by atoms with Crippen LogP contribution in [0.5, 0.6) is 0 Å². The summed E-state index contributed by atoms with van der Waals surface area (Å²) in [5, 5.41) is 12.0. The summed E-state index contributed by atoms with van der Waals surface area (Å²) >= 11 is 0. The molecule has 0 bridgehead atoms. The van der Waals surface area contributed by atoms with Crippen LogP contribution in [-0.2, 0) is 16.0 Å². The minimum Gasteiger partial charge on any atom is -0.383 e. The van der Waals surface area contributed by atoms with E-state index in [-0.39, 0.29) is 13.0 Å². The molecule has 1 aromatic rings. The Hall–Kier alpha value is -1.88. The number of hydrogen-bond donors (Lipinski definition) is 3. The van der Waals surface area contributed by atoms with Crippen LogP contribution < -0.4 is 11.1 Å². The second-order valence-corrected chi connectivity index (χ2v) is 3.88. The zero-order chi connectivity index (χ0) is 13.4. The smallest absolute Gasteiger partial charge is 0.249 e. The van der Waals surface area contributed by atoms with E-state index in [1.54, 1.807) is 0 Å². The second-order valence-electron chi connectivity index (χ2n) is 3.88. The normalized spacial score (nSPS) is 11.8. The van der Waals surface area contributed by atoms with Crippen molar-refractivity contribution in [2.75, 3.05) is 6.54 Å². The maximum absolute atomic E-state index is 11.4. The molecule has 0 aliphatic carbocycles. The van der Waals surface area contributed by atoms with E-state index in [1.807, 2.05) is 30.3 Å². The van der Waals surface area contributed by atoms with E-state index in [1.165, 1.54) is 6.42 Å². The maximum Gasteiger partial charge on any atom is 0.249 e. The lowest BCUT2D eigenvalue weighted by Gasteiger charge is -2.10. The van der Waals surface area contributed by atoms with Gasteiger partial charge in [-0.1, -0.05) is 30.3 Å². The maximum atomic E-state index is 11.4. The molecule has 4 N–H and O–H groups in total. The summed E-state index contributed by atoms with van der Waals surface area (Å²) < 4.78 is 0. The molecule has 1 rings (SSSR count). The Bertz CT molecular complexity index is 392. The van der Waals surface area contributed by atoms with Gasteiger partial charge in [-0.3, -0.25) is 9.59 Å². The van der Waals surface area contributed by atoms with Gasteiger partial charge in [0.15, 0.2) is 0 Å². The summed E-state index contributed by atoms with van der Waals surface area (Å²) in [4.78, 5) is 21.9. The van der Waals surface area contributed by atoms with Gasteiger partial charge in [0.2, 0.25) is 11.8 Å². The van der Waals surface area contributed by atoms with Crippen LogP contribution in [0.15, 0.2) is 30.3 Å². The molecule has 5 heteroatoms. The highest BCUT2D eigenvalue weighted by atomic mass is 16.3. The van der Waals surface area contributed by atoms with Gasteiger partial charge in [-0.25, -0.2) is 0 Å². The number of hydrogen-bond acceptors (Lipinski definition) is 3. The molecule has 0 aliphatic rings. The number of carbonyl (C=O) groups excluding carboxylic acids is 2. The molecule has 0 saturated heterocycles. The molecule has 1 aromatic carbocycles. The lowest BCUT2D eigenvalue weighted by Crippen LogP contribution is -2.36. The van der Waals surface area contributed by atoms with Crippen LogP contribution in [0, 0.1) is 6.42 Å². The van der Waals surface area contributed by atoms with Gasteiger partial charge in [-0.15, -0.1) is 0 Å². The summed E-state index contributed by atoms with van der Waals surface area (Å²) in [5.74, 6) is -1.01. The summed E-state index contributed by atoms with van der Waals surface area (Å²) in [6.45, 7) is 0.143. The molecular weight excluding hydrogens is 232 g/mol. The van der Waals surface area contributed by atoms with Crippen LogP contribution in [0.4, 0.5) is 0 Å². The monoisotopic (exact) mass is 249 g/mol. The largest absolute Gasteiger partial charge is 0.383 e. The topological polar surface area (TPSA) is 92.4 Å². The Morgan fingerprint density at radius 2 is 2.00 bits per heavy atom. The van der Waals surface area contributed by atoms with Crippen LogP contribution >= 0.6 is 0 Å². The molecule has 1 atom stereocenters. The number of benzene rings is 1. The molecule has 5 nitrogen and oxygen atoms in total. The minimum atomic E-state index is -1.18. The Balaban J connectivity index is 2.25. The third-order valence-corrected chi connectivity index (χ3v) is 2.36. The second kappa shape index (κ2) is 7.45. The summed E-state index contributed by atoms with van der Waals surface area (Å²) in [7, 11) is 0. The van der Waals surface area contributed by atoms with Gasteiger partial charge in [-0.05, 0) is 12.0 Å². The fourth-order valence-corrected chi connectivity index (χ4v) is 1.38. The van der Waals surface area contributed by atoms with Gasteiger partial charge in [0.1, 0.15) is 6.10 Å². The van der Waals surface area contributed by atoms with Gasteiger partial charge < -0.3 is 16.2 Å². The zero-order valence-electron chi connectivity index (χ0n) is 10.0. The van der Waals surface area contributed by atoms with Gasteiger partial charge in [-0.2, -0.15) is 0 Å². The Morgan fingerprint density at radius 1 is 1.33 bits per heavy atom. The van der Waals surface area contributed by atoms with E-state index in [0.717, 1.165) is 5.56 Å². The molecule has 0 unspecified atom stereocenters. The van der Waals surface area contributed by atoms with Crippen molar-refractivity contribution >= 4 is 11.8 Å². The Morgan fingerprint density at radius 3 is 2.61 bits per heavy atom. The average molecular weight is 249 g/mol. The third kappa shape index (κ3) is 5.45. The van der Waals surface area contributed by atoms with Gasteiger partial charge in [0.05, 0.1) is 0 Å². The predicted octanol–water partition coefficient (Wildman–Crippen LogP) is -0.214. The van der Waals surface area contributed by atoms with E-state index in [0.29, 0.717) is 6.42 Å². The molecule has 0 fully saturated rings. The van der Waals surface area contributed by atoms with Gasteiger partial charge in [0, 0.05) is 19.4 Å². The van der Waals surface area contributed by atoms with Crippen molar-refractivity contribution in [2.45, 2.75) is 18.9 Å². The highest BCUT2D eigenvalue weighted by Crippen LogP contribution is 2.04. The van der Waals surface area contributed by atoms with Gasteiger partial charge >= 0.3 is 0 Å². The van der Waals surface area contributed by atoms with Crippen LogP contribution in [-0.4, -0.2) is 29.6 Å². The highest BCUT2D eigenvalue weighted by Gasteiger charge is 2.14. The first kappa shape index (κ1) is 14.2. The minimum absolute atomic E-state index is 0.0666. The quantitative estimate of drug-likeness (QED) is 0.624. The standard InChI is InChI=1S/C13H17N2O3/c14-12(17)8-9-15-13(18)11(16)7-6-10-4-2-1-3-5-10/h1-5,7,11,16H,6,8-9H2,(H2,14,17)(H,15,18)/t11-/m1/s1. The lowest BCUT2D eigenvalue weighted by atomic mass is 10.1. The number of aliphatic hydroxyl groups excluding tert-OH is 1. The van der Waals surface area contributed by atoms with Crippen LogP contribution in [0.25, 0.3) is 0 Å². The molecule has 0 spiro atoms. The van der Waals surface area contributed by atoms with Crippen molar-refractivity contribution in [2.24, 2.45) is 5.73 Å². The fraction of sp³-hybridized carbons (Fsp3) is 0.308.